The van der Waals surface area contributed by atoms with E-state index < -0.39 is 10.0 Å². The second kappa shape index (κ2) is 4.93. The minimum Gasteiger partial charge on any atom is -0.343 e. The van der Waals surface area contributed by atoms with Crippen LogP contribution >= 0.6 is 0 Å². The predicted molar refractivity (Wildman–Crippen MR) is 69.1 cm³/mol. The van der Waals surface area contributed by atoms with Gasteiger partial charge in [0.2, 0.25) is 16.4 Å². The maximum atomic E-state index is 12.6. The predicted octanol–water partition coefficient (Wildman–Crippen LogP) is -0.500. The molecule has 0 aliphatic carbocycles. The number of carbonyl (C=O) groups excluding carboxylic acids is 1. The summed E-state index contributed by atoms with van der Waals surface area (Å²) in [6, 6.07) is 0. The Labute approximate surface area is 112 Å². The largest absolute Gasteiger partial charge is 0.343 e. The van der Waals surface area contributed by atoms with E-state index in [1.165, 1.54) is 4.31 Å². The van der Waals surface area contributed by atoms with E-state index in [9.17, 15) is 13.2 Å². The third-order valence-electron chi connectivity index (χ3n) is 3.46. The number of sulfonamides is 1. The normalized spacial score (nSPS) is 17.7. The Hall–Kier alpha value is -1.41. The van der Waals surface area contributed by atoms with E-state index in [1.54, 1.807) is 30.5 Å². The molecular weight excluding hydrogens is 268 g/mol. The summed E-state index contributed by atoms with van der Waals surface area (Å²) < 4.78 is 28.2. The monoisotopic (exact) mass is 286 g/mol. The second-order valence-corrected chi connectivity index (χ2v) is 6.54. The van der Waals surface area contributed by atoms with Gasteiger partial charge in [0, 0.05) is 33.2 Å². The zero-order valence-electron chi connectivity index (χ0n) is 11.3. The van der Waals surface area contributed by atoms with Gasteiger partial charge in [-0.05, 0) is 13.8 Å². The summed E-state index contributed by atoms with van der Waals surface area (Å²) in [7, 11) is -1.80. The maximum absolute atomic E-state index is 12.6. The SMILES string of the molecule is Cc1nn(C)c(C)c1S(=O)(=O)N1CCN(C=O)CC1. The molecular formula is C11H18N4O3S. The number of hydrogen-bond donors (Lipinski definition) is 0. The molecule has 19 heavy (non-hydrogen) atoms. The molecule has 0 unspecified atom stereocenters. The third kappa shape index (κ3) is 2.37. The first-order valence-electron chi connectivity index (χ1n) is 6.07. The van der Waals surface area contributed by atoms with Crippen molar-refractivity contribution >= 4 is 16.4 Å². The lowest BCUT2D eigenvalue weighted by atomic mass is 10.4. The summed E-state index contributed by atoms with van der Waals surface area (Å²) in [5.74, 6) is 0. The highest BCUT2D eigenvalue weighted by atomic mass is 32.2. The molecule has 1 fully saturated rings. The van der Waals surface area contributed by atoms with Gasteiger partial charge in [-0.1, -0.05) is 0 Å². The summed E-state index contributed by atoms with van der Waals surface area (Å²) in [6.45, 7) is 4.96. The van der Waals surface area contributed by atoms with Gasteiger partial charge < -0.3 is 4.90 Å². The highest BCUT2D eigenvalue weighted by Gasteiger charge is 2.32. The molecule has 8 heteroatoms. The van der Waals surface area contributed by atoms with Crippen LogP contribution in [0.15, 0.2) is 4.90 Å². The van der Waals surface area contributed by atoms with Crippen molar-refractivity contribution in [2.45, 2.75) is 18.7 Å². The zero-order chi connectivity index (χ0) is 14.2. The zero-order valence-corrected chi connectivity index (χ0v) is 12.1. The molecule has 2 heterocycles. The Kier molecular flexibility index (Phi) is 3.64. The molecule has 0 radical (unpaired) electrons. The summed E-state index contributed by atoms with van der Waals surface area (Å²) in [5, 5.41) is 4.15. The van der Waals surface area contributed by atoms with Gasteiger partial charge in [-0.3, -0.25) is 9.48 Å². The van der Waals surface area contributed by atoms with Crippen molar-refractivity contribution in [1.82, 2.24) is 19.0 Å². The second-order valence-electron chi connectivity index (χ2n) is 4.67. The Bertz CT molecular complexity index is 585. The molecule has 1 aliphatic heterocycles. The number of hydrogen-bond acceptors (Lipinski definition) is 4. The number of amides is 1. The van der Waals surface area contributed by atoms with Crippen LogP contribution in [0, 0.1) is 13.8 Å². The van der Waals surface area contributed by atoms with Gasteiger partial charge >= 0.3 is 0 Å². The molecule has 7 nitrogen and oxygen atoms in total. The van der Waals surface area contributed by atoms with E-state index in [1.807, 2.05) is 0 Å². The lowest BCUT2D eigenvalue weighted by Crippen LogP contribution is -2.48. The minimum atomic E-state index is -3.53. The van der Waals surface area contributed by atoms with Crippen molar-refractivity contribution in [1.29, 1.82) is 0 Å². The molecule has 2 rings (SSSR count). The molecule has 0 spiro atoms. The molecule has 1 aromatic heterocycles. The van der Waals surface area contributed by atoms with Gasteiger partial charge in [0.05, 0.1) is 11.4 Å². The topological polar surface area (TPSA) is 75.5 Å². The van der Waals surface area contributed by atoms with Crippen LogP contribution in [0.25, 0.3) is 0 Å². The number of carbonyl (C=O) groups is 1. The average molecular weight is 286 g/mol. The Morgan fingerprint density at radius 1 is 1.16 bits per heavy atom. The first-order chi connectivity index (χ1) is 8.87. The van der Waals surface area contributed by atoms with Crippen LogP contribution in [0.1, 0.15) is 11.4 Å². The summed E-state index contributed by atoms with van der Waals surface area (Å²) in [4.78, 5) is 12.5. The molecule has 0 atom stereocenters. The van der Waals surface area contributed by atoms with E-state index >= 15 is 0 Å². The van der Waals surface area contributed by atoms with Crippen molar-refractivity contribution in [2.24, 2.45) is 7.05 Å². The Morgan fingerprint density at radius 3 is 2.16 bits per heavy atom. The van der Waals surface area contributed by atoms with Gasteiger partial charge in [-0.15, -0.1) is 0 Å². The first-order valence-corrected chi connectivity index (χ1v) is 7.51. The summed E-state index contributed by atoms with van der Waals surface area (Å²) in [6.07, 6.45) is 0.754. The molecule has 1 amide bonds. The highest BCUT2D eigenvalue weighted by Crippen LogP contribution is 2.23. The molecule has 0 saturated carbocycles. The lowest BCUT2D eigenvalue weighted by molar-refractivity contribution is -0.119. The quantitative estimate of drug-likeness (QED) is 0.702. The average Bonchev–Trinajstić information content (AvgIpc) is 2.63. The number of nitrogens with zero attached hydrogens (tertiary/aromatic N) is 4. The van der Waals surface area contributed by atoms with Gasteiger partial charge in [0.15, 0.2) is 0 Å². The fourth-order valence-corrected chi connectivity index (χ4v) is 4.13. The Morgan fingerprint density at radius 2 is 1.74 bits per heavy atom. The third-order valence-corrected chi connectivity index (χ3v) is 5.61. The summed E-state index contributed by atoms with van der Waals surface area (Å²) >= 11 is 0. The van der Waals surface area contributed by atoms with E-state index in [2.05, 4.69) is 5.10 Å². The van der Waals surface area contributed by atoms with Crippen molar-refractivity contribution in [2.75, 3.05) is 26.2 Å². The molecule has 106 valence electrons. The number of piperazine rings is 1. The van der Waals surface area contributed by atoms with E-state index in [4.69, 9.17) is 0 Å². The molecule has 1 aliphatic rings. The van der Waals surface area contributed by atoms with Gasteiger partial charge in [-0.2, -0.15) is 9.40 Å². The number of rotatable bonds is 3. The highest BCUT2D eigenvalue weighted by molar-refractivity contribution is 7.89. The smallest absolute Gasteiger partial charge is 0.246 e. The maximum Gasteiger partial charge on any atom is 0.246 e. The van der Waals surface area contributed by atoms with Crippen LogP contribution in [0.3, 0.4) is 0 Å². The minimum absolute atomic E-state index is 0.287. The van der Waals surface area contributed by atoms with Crippen LogP contribution < -0.4 is 0 Å². The van der Waals surface area contributed by atoms with E-state index in [0.29, 0.717) is 37.6 Å². The Balaban J connectivity index is 2.31. The van der Waals surface area contributed by atoms with Crippen LogP contribution in [-0.4, -0.2) is 60.0 Å². The van der Waals surface area contributed by atoms with Crippen LogP contribution in [0.5, 0.6) is 0 Å². The van der Waals surface area contributed by atoms with Crippen molar-refractivity contribution < 1.29 is 13.2 Å². The molecule has 0 bridgehead atoms. The van der Waals surface area contributed by atoms with Gasteiger partial charge in [0.1, 0.15) is 4.90 Å². The van der Waals surface area contributed by atoms with Crippen molar-refractivity contribution in [3.63, 3.8) is 0 Å². The number of aryl methyl sites for hydroxylation is 2. The van der Waals surface area contributed by atoms with Gasteiger partial charge in [-0.25, -0.2) is 8.42 Å². The van der Waals surface area contributed by atoms with E-state index in [-0.39, 0.29) is 4.90 Å². The number of aromatic nitrogens is 2. The van der Waals surface area contributed by atoms with Crippen molar-refractivity contribution in [3.05, 3.63) is 11.4 Å². The van der Waals surface area contributed by atoms with Crippen LogP contribution in [0.4, 0.5) is 0 Å². The molecule has 0 N–H and O–H groups in total. The fourth-order valence-electron chi connectivity index (χ4n) is 2.31. The standard InChI is InChI=1S/C11H18N4O3S/c1-9-11(10(2)13(3)12-9)19(17,18)15-6-4-14(8-16)5-7-15/h8H,4-7H2,1-3H3. The van der Waals surface area contributed by atoms with Crippen LogP contribution in [-0.2, 0) is 21.9 Å². The fraction of sp³-hybridized carbons (Fsp3) is 0.636. The van der Waals surface area contributed by atoms with Crippen LogP contribution in [0.2, 0.25) is 0 Å². The first kappa shape index (κ1) is 14.0. The molecule has 1 aromatic rings. The molecule has 1 saturated heterocycles. The van der Waals surface area contributed by atoms with Crippen molar-refractivity contribution in [3.8, 4) is 0 Å². The van der Waals surface area contributed by atoms with Gasteiger partial charge in [0.25, 0.3) is 0 Å². The molecule has 0 aromatic carbocycles. The summed E-state index contributed by atoms with van der Waals surface area (Å²) in [5.41, 5.74) is 1.15. The van der Waals surface area contributed by atoms with E-state index in [0.717, 1.165) is 6.41 Å². The lowest BCUT2D eigenvalue weighted by Gasteiger charge is -2.31.